The molecular weight excluding hydrogens is 282 g/mol. The smallest absolute Gasteiger partial charge is 0.305 e. The second-order valence-electron chi connectivity index (χ2n) is 5.34. The molecule has 2 rings (SSSR count). The molecule has 1 saturated heterocycles. The van der Waals surface area contributed by atoms with Crippen LogP contribution in [0.3, 0.4) is 0 Å². The molecule has 0 bridgehead atoms. The van der Waals surface area contributed by atoms with E-state index < -0.39 is 33.7 Å². The molecule has 1 aliphatic rings. The fourth-order valence-electron chi connectivity index (χ4n) is 2.50. The number of halogens is 2. The van der Waals surface area contributed by atoms with Gasteiger partial charge in [0.15, 0.2) is 0 Å². The summed E-state index contributed by atoms with van der Waals surface area (Å²) < 4.78 is 27.8. The van der Waals surface area contributed by atoms with Crippen LogP contribution < -0.4 is 0 Å². The molecule has 1 aromatic carbocycles. The minimum atomic E-state index is -1.40. The molecule has 114 valence electrons. The largest absolute Gasteiger partial charge is 0.338 e. The van der Waals surface area contributed by atoms with Gasteiger partial charge in [-0.05, 0) is 31.2 Å². The van der Waals surface area contributed by atoms with Crippen LogP contribution in [-0.4, -0.2) is 28.8 Å². The van der Waals surface area contributed by atoms with Crippen molar-refractivity contribution in [2.24, 2.45) is 5.92 Å². The lowest BCUT2D eigenvalue weighted by atomic mass is 10.0. The first-order chi connectivity index (χ1) is 9.91. The van der Waals surface area contributed by atoms with Crippen molar-refractivity contribution in [2.75, 3.05) is 13.1 Å². The third-order valence-electron chi connectivity index (χ3n) is 3.79. The van der Waals surface area contributed by atoms with Crippen molar-refractivity contribution in [3.63, 3.8) is 0 Å². The van der Waals surface area contributed by atoms with Crippen LogP contribution in [0.4, 0.5) is 14.5 Å². The van der Waals surface area contributed by atoms with Crippen molar-refractivity contribution >= 4 is 11.6 Å². The van der Waals surface area contributed by atoms with E-state index in [0.717, 1.165) is 31.4 Å². The molecule has 1 amide bonds. The summed E-state index contributed by atoms with van der Waals surface area (Å²) in [5.41, 5.74) is -1.72. The van der Waals surface area contributed by atoms with E-state index in [1.807, 2.05) is 0 Å². The number of likely N-dealkylation sites (tertiary alicyclic amines) is 1. The van der Waals surface area contributed by atoms with Crippen molar-refractivity contribution < 1.29 is 18.5 Å². The Morgan fingerprint density at radius 1 is 1.33 bits per heavy atom. The van der Waals surface area contributed by atoms with Crippen molar-refractivity contribution in [3.05, 3.63) is 39.4 Å². The van der Waals surface area contributed by atoms with E-state index in [4.69, 9.17) is 0 Å². The first kappa shape index (κ1) is 15.3. The van der Waals surface area contributed by atoms with Crippen molar-refractivity contribution in [1.82, 2.24) is 4.90 Å². The zero-order valence-corrected chi connectivity index (χ0v) is 11.6. The van der Waals surface area contributed by atoms with Gasteiger partial charge in [0.2, 0.25) is 5.82 Å². The maximum absolute atomic E-state index is 14.0. The standard InChI is InChI=1S/C14H16F2N2O3/c1-9-3-2-7-17(8-6-9)14(19)12-10(15)4-5-11(13(12)16)18(20)21/h4-5,9H,2-3,6-8H2,1H3. The van der Waals surface area contributed by atoms with Crippen molar-refractivity contribution in [1.29, 1.82) is 0 Å². The Morgan fingerprint density at radius 2 is 2.05 bits per heavy atom. The second-order valence-corrected chi connectivity index (χ2v) is 5.34. The molecule has 5 nitrogen and oxygen atoms in total. The van der Waals surface area contributed by atoms with Gasteiger partial charge in [-0.15, -0.1) is 0 Å². The van der Waals surface area contributed by atoms with Crippen LogP contribution in [0.5, 0.6) is 0 Å². The minimum Gasteiger partial charge on any atom is -0.338 e. The van der Waals surface area contributed by atoms with Gasteiger partial charge in [0.05, 0.1) is 4.92 Å². The van der Waals surface area contributed by atoms with E-state index >= 15 is 0 Å². The highest BCUT2D eigenvalue weighted by atomic mass is 19.1. The first-order valence-corrected chi connectivity index (χ1v) is 6.83. The SMILES string of the molecule is CC1CCCN(C(=O)c2c(F)ccc([N+](=O)[O-])c2F)CC1. The van der Waals surface area contributed by atoms with Crippen LogP contribution in [0.15, 0.2) is 12.1 Å². The predicted octanol–water partition coefficient (Wildman–Crippen LogP) is 3.14. The summed E-state index contributed by atoms with van der Waals surface area (Å²) in [6, 6.07) is 1.49. The Bertz CT molecular complexity index is 578. The van der Waals surface area contributed by atoms with E-state index in [0.29, 0.717) is 19.0 Å². The maximum atomic E-state index is 14.0. The van der Waals surface area contributed by atoms with Gasteiger partial charge in [0.1, 0.15) is 11.4 Å². The number of nitrogens with zero attached hydrogens (tertiary/aromatic N) is 2. The lowest BCUT2D eigenvalue weighted by Crippen LogP contribution is -2.33. The van der Waals surface area contributed by atoms with Gasteiger partial charge in [-0.3, -0.25) is 14.9 Å². The Morgan fingerprint density at radius 3 is 2.71 bits per heavy atom. The molecule has 0 N–H and O–H groups in total. The van der Waals surface area contributed by atoms with Crippen LogP contribution in [0, 0.1) is 27.7 Å². The second kappa shape index (κ2) is 6.15. The molecule has 1 atom stereocenters. The maximum Gasteiger partial charge on any atom is 0.305 e. The van der Waals surface area contributed by atoms with Gasteiger partial charge < -0.3 is 4.90 Å². The molecule has 1 fully saturated rings. The zero-order valence-electron chi connectivity index (χ0n) is 11.6. The zero-order chi connectivity index (χ0) is 15.6. The highest BCUT2D eigenvalue weighted by molar-refractivity contribution is 5.95. The van der Waals surface area contributed by atoms with Crippen LogP contribution in [-0.2, 0) is 0 Å². The number of nitro benzene ring substituents is 1. The molecule has 0 aromatic heterocycles. The highest BCUT2D eigenvalue weighted by Gasteiger charge is 2.30. The third kappa shape index (κ3) is 3.17. The van der Waals surface area contributed by atoms with Gasteiger partial charge in [0.25, 0.3) is 5.91 Å². The van der Waals surface area contributed by atoms with Crippen LogP contribution >= 0.6 is 0 Å². The lowest BCUT2D eigenvalue weighted by molar-refractivity contribution is -0.387. The summed E-state index contributed by atoms with van der Waals surface area (Å²) in [6.45, 7) is 2.87. The Hall–Kier alpha value is -2.05. The van der Waals surface area contributed by atoms with Gasteiger partial charge in [-0.2, -0.15) is 4.39 Å². The van der Waals surface area contributed by atoms with Crippen LogP contribution in [0.2, 0.25) is 0 Å². The number of hydrogen-bond donors (Lipinski definition) is 0. The molecule has 21 heavy (non-hydrogen) atoms. The number of carbonyl (C=O) groups excluding carboxylic acids is 1. The molecule has 0 spiro atoms. The third-order valence-corrected chi connectivity index (χ3v) is 3.79. The molecule has 0 radical (unpaired) electrons. The number of rotatable bonds is 2. The molecule has 7 heteroatoms. The van der Waals surface area contributed by atoms with Gasteiger partial charge in [0, 0.05) is 19.2 Å². The predicted molar refractivity (Wildman–Crippen MR) is 71.9 cm³/mol. The number of amides is 1. The van der Waals surface area contributed by atoms with E-state index in [1.54, 1.807) is 0 Å². The normalized spacial score (nSPS) is 19.2. The van der Waals surface area contributed by atoms with Crippen LogP contribution in [0.25, 0.3) is 0 Å². The molecule has 1 heterocycles. The summed E-state index contributed by atoms with van der Waals surface area (Å²) in [7, 11) is 0. The van der Waals surface area contributed by atoms with Crippen molar-refractivity contribution in [3.8, 4) is 0 Å². The lowest BCUT2D eigenvalue weighted by Gasteiger charge is -2.21. The molecule has 1 unspecified atom stereocenters. The van der Waals surface area contributed by atoms with E-state index in [-0.39, 0.29) is 0 Å². The van der Waals surface area contributed by atoms with E-state index in [1.165, 1.54) is 4.90 Å². The summed E-state index contributed by atoms with van der Waals surface area (Å²) in [5, 5.41) is 10.7. The average molecular weight is 298 g/mol. The minimum absolute atomic E-state index is 0.404. The number of hydrogen-bond acceptors (Lipinski definition) is 3. The number of nitro groups is 1. The first-order valence-electron chi connectivity index (χ1n) is 6.83. The molecule has 1 aliphatic heterocycles. The Labute approximate surface area is 120 Å². The van der Waals surface area contributed by atoms with Gasteiger partial charge in [-0.25, -0.2) is 4.39 Å². The summed E-state index contributed by atoms with van der Waals surface area (Å²) in [6.07, 6.45) is 2.46. The Kier molecular flexibility index (Phi) is 4.50. The van der Waals surface area contributed by atoms with Crippen LogP contribution in [0.1, 0.15) is 36.5 Å². The topological polar surface area (TPSA) is 63.5 Å². The van der Waals surface area contributed by atoms with Gasteiger partial charge in [-0.1, -0.05) is 6.92 Å². The highest BCUT2D eigenvalue weighted by Crippen LogP contribution is 2.26. The number of carbonyl (C=O) groups is 1. The Balaban J connectivity index is 2.34. The molecule has 1 aromatic rings. The van der Waals surface area contributed by atoms with Gasteiger partial charge >= 0.3 is 5.69 Å². The molecule has 0 aliphatic carbocycles. The van der Waals surface area contributed by atoms with Crippen molar-refractivity contribution in [2.45, 2.75) is 26.2 Å². The summed E-state index contributed by atoms with van der Waals surface area (Å²) >= 11 is 0. The summed E-state index contributed by atoms with van der Waals surface area (Å²) in [4.78, 5) is 23.4. The van der Waals surface area contributed by atoms with E-state index in [9.17, 15) is 23.7 Å². The average Bonchev–Trinajstić information content (AvgIpc) is 2.63. The monoisotopic (exact) mass is 298 g/mol. The molecule has 0 saturated carbocycles. The van der Waals surface area contributed by atoms with E-state index in [2.05, 4.69) is 6.92 Å². The fourth-order valence-corrected chi connectivity index (χ4v) is 2.50. The molecular formula is C14H16F2N2O3. The summed E-state index contributed by atoms with van der Waals surface area (Å²) in [5.74, 6) is -2.84. The quantitative estimate of drug-likeness (QED) is 0.622. The number of benzene rings is 1. The fraction of sp³-hybridized carbons (Fsp3) is 0.500.